The van der Waals surface area contributed by atoms with Gasteiger partial charge in [-0.05, 0) is 42.5 Å². The standard InChI is InChI=1S/C19H16ClFN2O4/c1-25-17-7-4-13(20)8-16(17)22-19(24)11-26-10-15-9-18(27-23-15)12-2-5-14(21)6-3-12/h2-9H,10-11H2,1H3,(H,22,24). The van der Waals surface area contributed by atoms with Crippen molar-refractivity contribution in [3.8, 4) is 17.1 Å². The van der Waals surface area contributed by atoms with Crippen LogP contribution in [0.3, 0.4) is 0 Å². The van der Waals surface area contributed by atoms with Crippen molar-refractivity contribution in [2.75, 3.05) is 19.0 Å². The number of hydrogen-bond acceptors (Lipinski definition) is 5. The molecule has 27 heavy (non-hydrogen) atoms. The maximum absolute atomic E-state index is 13.0. The summed E-state index contributed by atoms with van der Waals surface area (Å²) in [7, 11) is 1.50. The Balaban J connectivity index is 1.52. The van der Waals surface area contributed by atoms with Gasteiger partial charge in [-0.3, -0.25) is 4.79 Å². The van der Waals surface area contributed by atoms with Gasteiger partial charge in [-0.1, -0.05) is 16.8 Å². The molecule has 0 bridgehead atoms. The zero-order valence-corrected chi connectivity index (χ0v) is 15.1. The maximum Gasteiger partial charge on any atom is 0.250 e. The zero-order chi connectivity index (χ0) is 19.2. The van der Waals surface area contributed by atoms with Crippen LogP contribution in [0.1, 0.15) is 5.69 Å². The van der Waals surface area contributed by atoms with E-state index in [9.17, 15) is 9.18 Å². The fourth-order valence-electron chi connectivity index (χ4n) is 2.34. The Morgan fingerprint density at radius 1 is 1.22 bits per heavy atom. The largest absolute Gasteiger partial charge is 0.495 e. The molecule has 1 heterocycles. The molecular weight excluding hydrogens is 375 g/mol. The molecule has 1 aromatic heterocycles. The molecule has 1 N–H and O–H groups in total. The van der Waals surface area contributed by atoms with Crippen molar-refractivity contribution in [2.45, 2.75) is 6.61 Å². The van der Waals surface area contributed by atoms with Crippen molar-refractivity contribution in [1.82, 2.24) is 5.16 Å². The molecule has 0 saturated heterocycles. The second kappa shape index (κ2) is 8.66. The van der Waals surface area contributed by atoms with Crippen LogP contribution in [-0.4, -0.2) is 24.8 Å². The smallest absolute Gasteiger partial charge is 0.250 e. The van der Waals surface area contributed by atoms with Gasteiger partial charge in [0.15, 0.2) is 5.76 Å². The van der Waals surface area contributed by atoms with Gasteiger partial charge in [0, 0.05) is 16.7 Å². The Kier molecular flexibility index (Phi) is 6.05. The van der Waals surface area contributed by atoms with Crippen LogP contribution in [-0.2, 0) is 16.1 Å². The van der Waals surface area contributed by atoms with Crippen molar-refractivity contribution < 1.29 is 23.2 Å². The summed E-state index contributed by atoms with van der Waals surface area (Å²) in [4.78, 5) is 12.0. The number of anilines is 1. The van der Waals surface area contributed by atoms with E-state index in [0.717, 1.165) is 0 Å². The number of ether oxygens (including phenoxy) is 2. The van der Waals surface area contributed by atoms with Crippen molar-refractivity contribution >= 4 is 23.2 Å². The van der Waals surface area contributed by atoms with E-state index in [1.165, 1.54) is 19.2 Å². The molecule has 3 aromatic rings. The predicted octanol–water partition coefficient (Wildman–Crippen LogP) is 4.30. The van der Waals surface area contributed by atoms with Crippen LogP contribution in [0.4, 0.5) is 10.1 Å². The number of nitrogens with one attached hydrogen (secondary N) is 1. The van der Waals surface area contributed by atoms with E-state index in [0.29, 0.717) is 33.5 Å². The molecule has 0 atom stereocenters. The van der Waals surface area contributed by atoms with Crippen LogP contribution in [0, 0.1) is 5.82 Å². The first-order valence-corrected chi connectivity index (χ1v) is 8.35. The van der Waals surface area contributed by atoms with Gasteiger partial charge in [0.05, 0.1) is 19.4 Å². The van der Waals surface area contributed by atoms with Crippen LogP contribution in [0.25, 0.3) is 11.3 Å². The normalized spacial score (nSPS) is 10.6. The first kappa shape index (κ1) is 18.9. The Labute approximate surface area is 159 Å². The first-order valence-electron chi connectivity index (χ1n) is 7.98. The molecule has 1 amide bonds. The maximum atomic E-state index is 13.0. The van der Waals surface area contributed by atoms with E-state index >= 15 is 0 Å². The molecule has 0 fully saturated rings. The zero-order valence-electron chi connectivity index (χ0n) is 14.4. The summed E-state index contributed by atoms with van der Waals surface area (Å²) in [6.07, 6.45) is 0. The molecule has 0 aliphatic heterocycles. The van der Waals surface area contributed by atoms with Gasteiger partial charge in [0.25, 0.3) is 0 Å². The first-order chi connectivity index (χ1) is 13.0. The van der Waals surface area contributed by atoms with Crippen molar-refractivity contribution in [3.63, 3.8) is 0 Å². The molecule has 6 nitrogen and oxygen atoms in total. The second-order valence-electron chi connectivity index (χ2n) is 5.57. The minimum atomic E-state index is -0.363. The second-order valence-corrected chi connectivity index (χ2v) is 6.01. The highest BCUT2D eigenvalue weighted by Gasteiger charge is 2.11. The Morgan fingerprint density at radius 3 is 2.74 bits per heavy atom. The third-order valence-electron chi connectivity index (χ3n) is 3.61. The van der Waals surface area contributed by atoms with Crippen LogP contribution in [0.15, 0.2) is 53.1 Å². The Hall–Kier alpha value is -2.90. The average molecular weight is 391 g/mol. The fourth-order valence-corrected chi connectivity index (χ4v) is 2.51. The van der Waals surface area contributed by atoms with Crippen molar-refractivity contribution in [2.24, 2.45) is 0 Å². The summed E-state index contributed by atoms with van der Waals surface area (Å²) in [5, 5.41) is 7.02. The van der Waals surface area contributed by atoms with Gasteiger partial charge >= 0.3 is 0 Å². The van der Waals surface area contributed by atoms with Crippen molar-refractivity contribution in [3.05, 3.63) is 65.1 Å². The molecule has 2 aromatic carbocycles. The number of amides is 1. The van der Waals surface area contributed by atoms with E-state index in [2.05, 4.69) is 10.5 Å². The molecule has 0 unspecified atom stereocenters. The number of aromatic nitrogens is 1. The van der Waals surface area contributed by atoms with Gasteiger partial charge < -0.3 is 19.3 Å². The highest BCUT2D eigenvalue weighted by molar-refractivity contribution is 6.31. The number of carbonyl (C=O) groups is 1. The lowest BCUT2D eigenvalue weighted by Crippen LogP contribution is -2.18. The molecule has 8 heteroatoms. The summed E-state index contributed by atoms with van der Waals surface area (Å²) in [6.45, 7) is -0.0980. The molecule has 140 valence electrons. The SMILES string of the molecule is COc1ccc(Cl)cc1NC(=O)COCc1cc(-c2ccc(F)cc2)on1. The summed E-state index contributed by atoms with van der Waals surface area (Å²) >= 11 is 5.93. The van der Waals surface area contributed by atoms with E-state index in [4.69, 9.17) is 25.6 Å². The molecule has 0 radical (unpaired) electrons. The molecule has 0 aliphatic rings. The minimum Gasteiger partial charge on any atom is -0.495 e. The minimum absolute atomic E-state index is 0.0881. The lowest BCUT2D eigenvalue weighted by molar-refractivity contribution is -0.121. The third kappa shape index (κ3) is 5.06. The number of carbonyl (C=O) groups excluding carboxylic acids is 1. The van der Waals surface area contributed by atoms with Crippen LogP contribution < -0.4 is 10.1 Å². The lowest BCUT2D eigenvalue weighted by Gasteiger charge is -2.10. The van der Waals surface area contributed by atoms with Gasteiger partial charge in [-0.25, -0.2) is 4.39 Å². The van der Waals surface area contributed by atoms with Crippen LogP contribution in [0.2, 0.25) is 5.02 Å². The van der Waals surface area contributed by atoms with Crippen LogP contribution >= 0.6 is 11.6 Å². The monoisotopic (exact) mass is 390 g/mol. The Bertz CT molecular complexity index is 928. The summed E-state index contributed by atoms with van der Waals surface area (Å²) < 4.78 is 28.7. The number of halogens is 2. The molecule has 0 saturated carbocycles. The van der Waals surface area contributed by atoms with Gasteiger partial charge in [0.1, 0.15) is 23.9 Å². The number of rotatable bonds is 7. The summed E-state index contributed by atoms with van der Waals surface area (Å²) in [6, 6.07) is 12.4. The average Bonchev–Trinajstić information content (AvgIpc) is 3.11. The van der Waals surface area contributed by atoms with E-state index in [1.54, 1.807) is 36.4 Å². The summed E-state index contributed by atoms with van der Waals surface area (Å²) in [5.41, 5.74) is 1.67. The third-order valence-corrected chi connectivity index (χ3v) is 3.84. The lowest BCUT2D eigenvalue weighted by atomic mass is 10.1. The van der Waals surface area contributed by atoms with Crippen molar-refractivity contribution in [1.29, 1.82) is 0 Å². The number of hydrogen-bond donors (Lipinski definition) is 1. The summed E-state index contributed by atoms with van der Waals surface area (Å²) in [5.74, 6) is 0.289. The van der Waals surface area contributed by atoms with E-state index in [1.807, 2.05) is 0 Å². The predicted molar refractivity (Wildman–Crippen MR) is 98.2 cm³/mol. The van der Waals surface area contributed by atoms with Gasteiger partial charge in [-0.15, -0.1) is 0 Å². The van der Waals surface area contributed by atoms with Gasteiger partial charge in [-0.2, -0.15) is 0 Å². The number of nitrogens with zero attached hydrogens (tertiary/aromatic N) is 1. The van der Waals surface area contributed by atoms with E-state index < -0.39 is 0 Å². The number of methoxy groups -OCH3 is 1. The molecular formula is C19H16ClFN2O4. The molecule has 3 rings (SSSR count). The molecule has 0 spiro atoms. The number of benzene rings is 2. The molecule has 0 aliphatic carbocycles. The highest BCUT2D eigenvalue weighted by atomic mass is 35.5. The van der Waals surface area contributed by atoms with Gasteiger partial charge in [0.2, 0.25) is 5.91 Å². The van der Waals surface area contributed by atoms with E-state index in [-0.39, 0.29) is 24.9 Å². The fraction of sp³-hybridized carbons (Fsp3) is 0.158. The topological polar surface area (TPSA) is 73.6 Å². The van der Waals surface area contributed by atoms with Crippen LogP contribution in [0.5, 0.6) is 5.75 Å². The Morgan fingerprint density at radius 2 is 2.00 bits per heavy atom. The quantitative estimate of drug-likeness (QED) is 0.651. The highest BCUT2D eigenvalue weighted by Crippen LogP contribution is 2.27.